The third kappa shape index (κ3) is 4.64. The van der Waals surface area contributed by atoms with Crippen molar-refractivity contribution in [1.82, 2.24) is 9.80 Å². The lowest BCUT2D eigenvalue weighted by Crippen LogP contribution is -2.34. The Kier molecular flexibility index (Phi) is 6.01. The quantitative estimate of drug-likeness (QED) is 0.881. The molecule has 132 valence electrons. The fourth-order valence-electron chi connectivity index (χ4n) is 3.81. The van der Waals surface area contributed by atoms with Gasteiger partial charge >= 0.3 is 0 Å². The highest BCUT2D eigenvalue weighted by Crippen LogP contribution is 2.27. The molecular weight excluding hydrogens is 324 g/mol. The number of phenolic OH excluding ortho intramolecular Hbond substituents is 1. The molecule has 1 aromatic rings. The van der Waals surface area contributed by atoms with Gasteiger partial charge in [-0.3, -0.25) is 9.69 Å². The van der Waals surface area contributed by atoms with Crippen LogP contribution in [-0.2, 0) is 11.3 Å². The van der Waals surface area contributed by atoms with E-state index in [2.05, 4.69) is 4.90 Å². The van der Waals surface area contributed by atoms with Gasteiger partial charge in [-0.2, -0.15) is 0 Å². The number of benzene rings is 1. The second-order valence-electron chi connectivity index (χ2n) is 7.12. The molecule has 0 aliphatic carbocycles. The Hall–Kier alpha value is -1.26. The zero-order valence-corrected chi connectivity index (χ0v) is 15.0. The average Bonchev–Trinajstić information content (AvgIpc) is 3.12. The molecule has 2 aliphatic heterocycles. The molecule has 3 rings (SSSR count). The van der Waals surface area contributed by atoms with E-state index in [4.69, 9.17) is 11.6 Å². The molecule has 0 spiro atoms. The van der Waals surface area contributed by atoms with Crippen molar-refractivity contribution in [2.75, 3.05) is 26.2 Å². The lowest BCUT2D eigenvalue weighted by molar-refractivity contribution is -0.130. The zero-order valence-electron chi connectivity index (χ0n) is 14.2. The van der Waals surface area contributed by atoms with Gasteiger partial charge in [0.15, 0.2) is 0 Å². The molecule has 2 saturated heterocycles. The number of aromatic hydroxyl groups is 1. The van der Waals surface area contributed by atoms with Crippen LogP contribution < -0.4 is 0 Å². The normalized spacial score (nSPS) is 19.8. The van der Waals surface area contributed by atoms with Gasteiger partial charge in [-0.15, -0.1) is 0 Å². The Morgan fingerprint density at radius 2 is 1.88 bits per heavy atom. The number of amides is 1. The van der Waals surface area contributed by atoms with Crippen LogP contribution in [0, 0.1) is 5.92 Å². The van der Waals surface area contributed by atoms with Gasteiger partial charge in [-0.05, 0) is 69.3 Å². The summed E-state index contributed by atoms with van der Waals surface area (Å²) in [6.45, 7) is 4.70. The van der Waals surface area contributed by atoms with E-state index in [1.54, 1.807) is 12.1 Å². The third-order valence-electron chi connectivity index (χ3n) is 5.37. The molecule has 0 bridgehead atoms. The minimum Gasteiger partial charge on any atom is -0.508 e. The molecular formula is C19H27ClN2O2. The fraction of sp³-hybridized carbons (Fsp3) is 0.632. The second-order valence-corrected chi connectivity index (χ2v) is 7.56. The van der Waals surface area contributed by atoms with Crippen LogP contribution in [0.3, 0.4) is 0 Å². The van der Waals surface area contributed by atoms with Gasteiger partial charge in [0.1, 0.15) is 5.75 Å². The molecule has 1 aromatic carbocycles. The maximum Gasteiger partial charge on any atom is 0.222 e. The molecule has 0 aromatic heterocycles. The number of phenols is 1. The molecule has 5 heteroatoms. The van der Waals surface area contributed by atoms with Crippen molar-refractivity contribution in [2.24, 2.45) is 5.92 Å². The third-order valence-corrected chi connectivity index (χ3v) is 5.60. The second kappa shape index (κ2) is 8.21. The molecule has 24 heavy (non-hydrogen) atoms. The summed E-state index contributed by atoms with van der Waals surface area (Å²) in [5, 5.41) is 10.6. The maximum atomic E-state index is 12.1. The first kappa shape index (κ1) is 17.6. The van der Waals surface area contributed by atoms with E-state index in [1.807, 2.05) is 11.0 Å². The fourth-order valence-corrected chi connectivity index (χ4v) is 4.00. The average molecular weight is 351 g/mol. The van der Waals surface area contributed by atoms with Crippen molar-refractivity contribution in [3.8, 4) is 5.75 Å². The largest absolute Gasteiger partial charge is 0.508 e. The Morgan fingerprint density at radius 1 is 1.17 bits per heavy atom. The molecule has 0 radical (unpaired) electrons. The van der Waals surface area contributed by atoms with E-state index >= 15 is 0 Å². The maximum absolute atomic E-state index is 12.1. The number of rotatable bonds is 5. The number of hydrogen-bond acceptors (Lipinski definition) is 3. The summed E-state index contributed by atoms with van der Waals surface area (Å²) >= 11 is 6.02. The predicted molar refractivity (Wildman–Crippen MR) is 96.2 cm³/mol. The molecule has 2 heterocycles. The monoisotopic (exact) mass is 350 g/mol. The highest BCUT2D eigenvalue weighted by Gasteiger charge is 2.23. The summed E-state index contributed by atoms with van der Waals surface area (Å²) in [7, 11) is 0. The predicted octanol–water partition coefficient (Wildman–Crippen LogP) is 3.66. The smallest absolute Gasteiger partial charge is 0.222 e. The molecule has 1 N–H and O–H groups in total. The van der Waals surface area contributed by atoms with E-state index in [0.29, 0.717) is 29.0 Å². The lowest BCUT2D eigenvalue weighted by atomic mass is 9.91. The van der Waals surface area contributed by atoms with Crippen LogP contribution in [0.4, 0.5) is 0 Å². The van der Waals surface area contributed by atoms with E-state index in [-0.39, 0.29) is 0 Å². The van der Waals surface area contributed by atoms with Crippen LogP contribution in [0.5, 0.6) is 5.75 Å². The summed E-state index contributed by atoms with van der Waals surface area (Å²) in [4.78, 5) is 16.5. The van der Waals surface area contributed by atoms with E-state index < -0.39 is 0 Å². The van der Waals surface area contributed by atoms with Crippen molar-refractivity contribution < 1.29 is 9.90 Å². The Morgan fingerprint density at radius 3 is 2.58 bits per heavy atom. The minimum atomic E-state index is 0.317. The van der Waals surface area contributed by atoms with Crippen LogP contribution in [0.1, 0.15) is 44.1 Å². The first-order valence-electron chi connectivity index (χ1n) is 9.09. The number of carbonyl (C=O) groups excluding carboxylic acids is 1. The van der Waals surface area contributed by atoms with Crippen molar-refractivity contribution in [3.05, 3.63) is 28.8 Å². The summed E-state index contributed by atoms with van der Waals surface area (Å²) in [6, 6.07) is 5.22. The van der Waals surface area contributed by atoms with Crippen molar-refractivity contribution in [1.29, 1.82) is 0 Å². The number of halogens is 1. The van der Waals surface area contributed by atoms with E-state index in [1.165, 1.54) is 12.8 Å². The highest BCUT2D eigenvalue weighted by atomic mass is 35.5. The summed E-state index contributed by atoms with van der Waals surface area (Å²) < 4.78 is 0. The molecule has 0 unspecified atom stereocenters. The van der Waals surface area contributed by atoms with Gasteiger partial charge in [0, 0.05) is 36.6 Å². The highest BCUT2D eigenvalue weighted by molar-refractivity contribution is 6.30. The summed E-state index contributed by atoms with van der Waals surface area (Å²) in [6.07, 6.45) is 6.33. The standard InChI is InChI=1S/C19H27ClN2O2/c20-17-4-5-18(23)16(13-17)14-21-11-7-15(8-12-21)3-6-19(24)22-9-1-2-10-22/h4-5,13,15,23H,1-3,6-12,14H2. The number of carbonyl (C=O) groups is 1. The van der Waals surface area contributed by atoms with Gasteiger partial charge in [-0.1, -0.05) is 11.6 Å². The van der Waals surface area contributed by atoms with Crippen LogP contribution >= 0.6 is 11.6 Å². The topological polar surface area (TPSA) is 43.8 Å². The van der Waals surface area contributed by atoms with Gasteiger partial charge in [0.2, 0.25) is 5.91 Å². The van der Waals surface area contributed by atoms with E-state index in [0.717, 1.165) is 57.5 Å². The number of piperidine rings is 1. The summed E-state index contributed by atoms with van der Waals surface area (Å²) in [5.74, 6) is 1.32. The number of nitrogens with zero attached hydrogens (tertiary/aromatic N) is 2. The van der Waals surface area contributed by atoms with Crippen LogP contribution in [0.25, 0.3) is 0 Å². The van der Waals surface area contributed by atoms with Crippen molar-refractivity contribution in [2.45, 2.75) is 45.1 Å². The first-order chi connectivity index (χ1) is 11.6. The number of hydrogen-bond donors (Lipinski definition) is 1. The first-order valence-corrected chi connectivity index (χ1v) is 9.47. The van der Waals surface area contributed by atoms with Gasteiger partial charge in [0.05, 0.1) is 0 Å². The molecule has 2 fully saturated rings. The Labute approximate surface area is 149 Å². The summed E-state index contributed by atoms with van der Waals surface area (Å²) in [5.41, 5.74) is 0.894. The molecule has 0 saturated carbocycles. The Bertz CT molecular complexity index is 564. The minimum absolute atomic E-state index is 0.317. The van der Waals surface area contributed by atoms with Gasteiger partial charge < -0.3 is 10.0 Å². The molecule has 4 nitrogen and oxygen atoms in total. The lowest BCUT2D eigenvalue weighted by Gasteiger charge is -2.32. The van der Waals surface area contributed by atoms with Crippen LogP contribution in [0.2, 0.25) is 5.02 Å². The Balaban J connectivity index is 1.40. The number of likely N-dealkylation sites (tertiary alicyclic amines) is 2. The van der Waals surface area contributed by atoms with Crippen LogP contribution in [-0.4, -0.2) is 47.0 Å². The van der Waals surface area contributed by atoms with Crippen molar-refractivity contribution >= 4 is 17.5 Å². The molecule has 0 atom stereocenters. The van der Waals surface area contributed by atoms with Gasteiger partial charge in [0.25, 0.3) is 0 Å². The molecule has 1 amide bonds. The zero-order chi connectivity index (χ0) is 16.9. The van der Waals surface area contributed by atoms with Crippen molar-refractivity contribution in [3.63, 3.8) is 0 Å². The van der Waals surface area contributed by atoms with Crippen LogP contribution in [0.15, 0.2) is 18.2 Å². The van der Waals surface area contributed by atoms with Gasteiger partial charge in [-0.25, -0.2) is 0 Å². The molecule has 2 aliphatic rings. The SMILES string of the molecule is O=C(CCC1CCN(Cc2cc(Cl)ccc2O)CC1)N1CCCC1. The van der Waals surface area contributed by atoms with E-state index in [9.17, 15) is 9.90 Å².